The van der Waals surface area contributed by atoms with Crippen LogP contribution in [0.1, 0.15) is 13.3 Å². The molecule has 0 bridgehead atoms. The van der Waals surface area contributed by atoms with E-state index in [2.05, 4.69) is 5.32 Å². The molecule has 1 amide bonds. The Hall–Kier alpha value is -1.70. The number of carboxylic acids is 1. The van der Waals surface area contributed by atoms with Gasteiger partial charge in [-0.1, -0.05) is 0 Å². The molecular weight excluding hydrogens is 594 g/mol. The highest BCUT2D eigenvalue weighted by Gasteiger charge is 2.59. The molecule has 43 heavy (non-hydrogen) atoms. The number of carboxylic acid groups (broad SMARTS) is 1. The summed E-state index contributed by atoms with van der Waals surface area (Å²) in [6.45, 7) is -1.65. The summed E-state index contributed by atoms with van der Waals surface area (Å²) in [4.78, 5) is 24.2. The number of carbonyl (C=O) groups excluding carboxylic acids is 1. The van der Waals surface area contributed by atoms with Gasteiger partial charge in [-0.25, -0.2) is 4.79 Å². The standard InChI is InChI=1S/C23H39NO19/c1-6(27)24-11-7(28)2-23(22(37)38,42-18(11)12(30)8(29)3-25)43-19-14(32)9(4-26)41-21(17(19)35)39-5-10-13(31)15(33)16(34)20(36)40-10/h7-21,25-26,28-36H,2-5H2,1H3,(H,24,27)(H,37,38)/t7-,8+,9+,10+,11+,12+,13-,14-,15-,16+,17+,18+,19-,20+,21+,23-/m0/s1. The summed E-state index contributed by atoms with van der Waals surface area (Å²) in [7, 11) is 0. The van der Waals surface area contributed by atoms with Crippen LogP contribution >= 0.6 is 0 Å². The van der Waals surface area contributed by atoms with Crippen molar-refractivity contribution >= 4 is 11.9 Å². The van der Waals surface area contributed by atoms with Crippen LogP contribution in [-0.4, -0.2) is 191 Å². The van der Waals surface area contributed by atoms with Gasteiger partial charge < -0.3 is 90.3 Å². The minimum absolute atomic E-state index is 0.726. The van der Waals surface area contributed by atoms with Gasteiger partial charge in [0.05, 0.1) is 32.0 Å². The number of hydrogen-bond acceptors (Lipinski definition) is 18. The number of carbonyl (C=O) groups is 2. The first-order valence-corrected chi connectivity index (χ1v) is 13.2. The maximum Gasteiger partial charge on any atom is 0.364 e. The minimum Gasteiger partial charge on any atom is -0.477 e. The van der Waals surface area contributed by atoms with Crippen molar-refractivity contribution in [2.45, 2.75) is 111 Å². The Labute approximate surface area is 243 Å². The third kappa shape index (κ3) is 7.58. The maximum absolute atomic E-state index is 12.5. The molecule has 3 fully saturated rings. The van der Waals surface area contributed by atoms with Gasteiger partial charge >= 0.3 is 5.97 Å². The molecule has 0 spiro atoms. The molecule has 0 unspecified atom stereocenters. The van der Waals surface area contributed by atoms with Gasteiger partial charge in [0, 0.05) is 13.3 Å². The molecular formula is C23H39NO19. The van der Waals surface area contributed by atoms with Crippen molar-refractivity contribution in [2.75, 3.05) is 19.8 Å². The summed E-state index contributed by atoms with van der Waals surface area (Å²) in [5, 5.41) is 124. The Kier molecular flexibility index (Phi) is 12.1. The molecule has 0 aromatic carbocycles. The van der Waals surface area contributed by atoms with E-state index in [1.54, 1.807) is 0 Å². The second-order valence-corrected chi connectivity index (χ2v) is 10.5. The first-order chi connectivity index (χ1) is 20.1. The smallest absolute Gasteiger partial charge is 0.364 e. The summed E-state index contributed by atoms with van der Waals surface area (Å²) in [6.07, 6.45) is -27.3. The highest BCUT2D eigenvalue weighted by atomic mass is 16.8. The summed E-state index contributed by atoms with van der Waals surface area (Å²) in [6, 6.07) is -1.53. The molecule has 0 aliphatic carbocycles. The monoisotopic (exact) mass is 633 g/mol. The van der Waals surface area contributed by atoms with Crippen molar-refractivity contribution in [3.8, 4) is 0 Å². The van der Waals surface area contributed by atoms with Crippen molar-refractivity contribution in [1.29, 1.82) is 0 Å². The Bertz CT molecular complexity index is 944. The van der Waals surface area contributed by atoms with E-state index in [0.717, 1.165) is 6.92 Å². The van der Waals surface area contributed by atoms with E-state index >= 15 is 0 Å². The molecule has 3 saturated heterocycles. The zero-order chi connectivity index (χ0) is 32.4. The number of amides is 1. The molecule has 3 rings (SSSR count). The fraction of sp³-hybridized carbons (Fsp3) is 0.913. The molecule has 0 aromatic rings. The number of aliphatic hydroxyl groups excluding tert-OH is 11. The minimum atomic E-state index is -2.99. The van der Waals surface area contributed by atoms with Crippen LogP contribution in [0, 0.1) is 0 Å². The second-order valence-electron chi connectivity index (χ2n) is 10.5. The van der Waals surface area contributed by atoms with E-state index < -0.39 is 136 Å². The van der Waals surface area contributed by atoms with Crippen LogP contribution in [0.4, 0.5) is 0 Å². The molecule has 250 valence electrons. The maximum atomic E-state index is 12.5. The van der Waals surface area contributed by atoms with Crippen molar-refractivity contribution in [3.05, 3.63) is 0 Å². The summed E-state index contributed by atoms with van der Waals surface area (Å²) < 4.78 is 26.7. The van der Waals surface area contributed by atoms with Crippen molar-refractivity contribution in [1.82, 2.24) is 5.32 Å². The Balaban J connectivity index is 1.87. The summed E-state index contributed by atoms with van der Waals surface area (Å²) in [5.74, 6) is -5.68. The zero-order valence-corrected chi connectivity index (χ0v) is 22.7. The first kappa shape index (κ1) is 35.8. The SMILES string of the molecule is CC(=O)N[C@H]1[C@H]([C@H](O)[C@H](O)CO)O[C@@](O[C@H]2[C@@H](O)[C@@H](CO)O[C@@H](OC[C@H]3O[C@@H](O)[C@H](O)[C@@H](O)[C@H]3O)[C@@H]2O)(C(=O)O)C[C@@H]1O. The average molecular weight is 634 g/mol. The van der Waals surface area contributed by atoms with Crippen LogP contribution in [0.2, 0.25) is 0 Å². The number of ether oxygens (including phenoxy) is 5. The lowest BCUT2D eigenvalue weighted by atomic mass is 9.88. The largest absolute Gasteiger partial charge is 0.477 e. The van der Waals surface area contributed by atoms with Crippen LogP contribution in [0.3, 0.4) is 0 Å². The zero-order valence-electron chi connectivity index (χ0n) is 22.7. The lowest BCUT2D eigenvalue weighted by Crippen LogP contribution is -2.70. The fourth-order valence-corrected chi connectivity index (χ4v) is 5.06. The highest BCUT2D eigenvalue weighted by molar-refractivity contribution is 5.76. The van der Waals surface area contributed by atoms with E-state index in [1.165, 1.54) is 0 Å². The van der Waals surface area contributed by atoms with Crippen LogP contribution < -0.4 is 5.32 Å². The number of nitrogens with one attached hydrogen (secondary N) is 1. The third-order valence-corrected chi connectivity index (χ3v) is 7.45. The topological polar surface area (TPSA) is 335 Å². The van der Waals surface area contributed by atoms with Gasteiger partial charge in [-0.15, -0.1) is 0 Å². The molecule has 13 N–H and O–H groups in total. The Morgan fingerprint density at radius 1 is 0.930 bits per heavy atom. The molecule has 20 heteroatoms. The molecule has 0 aromatic heterocycles. The van der Waals surface area contributed by atoms with Gasteiger partial charge in [0.2, 0.25) is 5.91 Å². The van der Waals surface area contributed by atoms with Gasteiger partial charge in [0.25, 0.3) is 5.79 Å². The molecule has 3 heterocycles. The van der Waals surface area contributed by atoms with Crippen molar-refractivity contribution in [2.24, 2.45) is 0 Å². The Morgan fingerprint density at radius 3 is 2.14 bits per heavy atom. The number of aliphatic carboxylic acids is 1. The molecule has 20 nitrogen and oxygen atoms in total. The average Bonchev–Trinajstić information content (AvgIpc) is 2.96. The van der Waals surface area contributed by atoms with Crippen LogP contribution in [-0.2, 0) is 33.3 Å². The second kappa shape index (κ2) is 14.6. The highest BCUT2D eigenvalue weighted by Crippen LogP contribution is 2.37. The molecule has 3 aliphatic rings. The van der Waals surface area contributed by atoms with Crippen molar-refractivity contribution < 1.29 is 94.6 Å². The Morgan fingerprint density at radius 2 is 1.58 bits per heavy atom. The van der Waals surface area contributed by atoms with E-state index in [0.29, 0.717) is 0 Å². The van der Waals surface area contributed by atoms with E-state index in [1.807, 2.05) is 0 Å². The van der Waals surface area contributed by atoms with Gasteiger partial charge in [0.1, 0.15) is 67.1 Å². The van der Waals surface area contributed by atoms with Crippen LogP contribution in [0.25, 0.3) is 0 Å². The van der Waals surface area contributed by atoms with Crippen LogP contribution in [0.5, 0.6) is 0 Å². The van der Waals surface area contributed by atoms with Crippen LogP contribution in [0.15, 0.2) is 0 Å². The van der Waals surface area contributed by atoms with E-state index in [-0.39, 0.29) is 0 Å². The molecule has 3 aliphatic heterocycles. The number of hydrogen-bond donors (Lipinski definition) is 13. The third-order valence-electron chi connectivity index (χ3n) is 7.45. The quantitative estimate of drug-likeness (QED) is 0.100. The first-order valence-electron chi connectivity index (χ1n) is 13.2. The number of rotatable bonds is 11. The predicted octanol–water partition coefficient (Wildman–Crippen LogP) is -8.22. The van der Waals surface area contributed by atoms with Crippen molar-refractivity contribution in [3.63, 3.8) is 0 Å². The predicted molar refractivity (Wildman–Crippen MR) is 130 cm³/mol. The molecule has 16 atom stereocenters. The fourth-order valence-electron chi connectivity index (χ4n) is 5.06. The number of aliphatic hydroxyl groups is 11. The van der Waals surface area contributed by atoms with Gasteiger partial charge in [0.15, 0.2) is 12.6 Å². The van der Waals surface area contributed by atoms with Gasteiger partial charge in [-0.05, 0) is 0 Å². The van der Waals surface area contributed by atoms with Gasteiger partial charge in [-0.2, -0.15) is 0 Å². The summed E-state index contributed by atoms with van der Waals surface area (Å²) >= 11 is 0. The normalized spacial score (nSPS) is 45.3. The summed E-state index contributed by atoms with van der Waals surface area (Å²) in [5.41, 5.74) is 0. The molecule has 0 saturated carbocycles. The van der Waals surface area contributed by atoms with E-state index in [4.69, 9.17) is 23.7 Å². The van der Waals surface area contributed by atoms with E-state index in [9.17, 15) is 70.9 Å². The lowest BCUT2D eigenvalue weighted by molar-refractivity contribution is -0.373. The lowest BCUT2D eigenvalue weighted by Gasteiger charge is -2.50. The molecule has 0 radical (unpaired) electrons. The van der Waals surface area contributed by atoms with Gasteiger partial charge in [-0.3, -0.25) is 4.79 Å².